The maximum Gasteiger partial charge on any atom is 0.245 e. The second-order valence-corrected chi connectivity index (χ2v) is 8.28. The van der Waals surface area contributed by atoms with Gasteiger partial charge in [0, 0.05) is 26.3 Å². The Balaban J connectivity index is 1.59. The zero-order valence-electron chi connectivity index (χ0n) is 14.3. The van der Waals surface area contributed by atoms with Crippen LogP contribution in [0, 0.1) is 0 Å². The molecule has 1 aromatic carbocycles. The lowest BCUT2D eigenvalue weighted by Crippen LogP contribution is -2.32. The van der Waals surface area contributed by atoms with Crippen molar-refractivity contribution in [2.45, 2.75) is 42.8 Å². The Morgan fingerprint density at radius 1 is 1.04 bits per heavy atom. The number of sulfonamides is 1. The Hall–Kier alpha value is -1.75. The number of fused-ring (bicyclic) bond motifs is 1. The lowest BCUT2D eigenvalue weighted by Gasteiger charge is -2.17. The number of ether oxygens (including phenoxy) is 2. The highest BCUT2D eigenvalue weighted by Gasteiger charge is 2.27. The molecule has 3 heterocycles. The largest absolute Gasteiger partial charge is 0.381 e. The number of anilines is 1. The van der Waals surface area contributed by atoms with Crippen LogP contribution in [0.4, 0.5) is 5.69 Å². The van der Waals surface area contributed by atoms with Crippen molar-refractivity contribution in [1.29, 1.82) is 0 Å². The summed E-state index contributed by atoms with van der Waals surface area (Å²) in [6.45, 7) is 2.18. The van der Waals surface area contributed by atoms with Gasteiger partial charge in [0.15, 0.2) is 5.52 Å². The molecule has 2 saturated heterocycles. The van der Waals surface area contributed by atoms with Crippen molar-refractivity contribution in [3.8, 4) is 0 Å². The van der Waals surface area contributed by atoms with Crippen LogP contribution in [-0.4, -0.2) is 57.2 Å². The zero-order valence-corrected chi connectivity index (χ0v) is 15.1. The monoisotopic (exact) mass is 382 g/mol. The van der Waals surface area contributed by atoms with E-state index in [0.717, 1.165) is 32.3 Å². The maximum absolute atomic E-state index is 13.0. The van der Waals surface area contributed by atoms with E-state index >= 15 is 0 Å². The number of nitrogens with zero attached hydrogens (tertiary/aromatic N) is 2. The van der Waals surface area contributed by atoms with Gasteiger partial charge in [-0.2, -0.15) is 0 Å². The number of benzene rings is 1. The molecule has 2 aliphatic heterocycles. The van der Waals surface area contributed by atoms with Crippen LogP contribution in [0.3, 0.4) is 0 Å². The quantitative estimate of drug-likeness (QED) is 0.736. The van der Waals surface area contributed by atoms with Crippen molar-refractivity contribution in [1.82, 2.24) is 15.0 Å². The fraction of sp³-hybridized carbons (Fsp3) is 0.625. The molecule has 9 nitrogen and oxygen atoms in total. The summed E-state index contributed by atoms with van der Waals surface area (Å²) < 4.78 is 44.4. The third kappa shape index (κ3) is 3.68. The minimum atomic E-state index is -3.82. The summed E-state index contributed by atoms with van der Waals surface area (Å²) in [5, 5.41) is 10.7. The van der Waals surface area contributed by atoms with Gasteiger partial charge in [0.2, 0.25) is 10.0 Å². The van der Waals surface area contributed by atoms with Gasteiger partial charge in [-0.3, -0.25) is 0 Å². The highest BCUT2D eigenvalue weighted by Crippen LogP contribution is 2.29. The molecule has 0 aliphatic carbocycles. The second kappa shape index (κ2) is 7.47. The molecule has 0 radical (unpaired) electrons. The van der Waals surface area contributed by atoms with E-state index in [-0.39, 0.29) is 29.2 Å². The van der Waals surface area contributed by atoms with E-state index in [2.05, 4.69) is 20.4 Å². The van der Waals surface area contributed by atoms with Crippen LogP contribution in [-0.2, 0) is 19.5 Å². The smallest absolute Gasteiger partial charge is 0.245 e. The Kier molecular flexibility index (Phi) is 5.07. The number of nitrogens with one attached hydrogen (secondary N) is 2. The lowest BCUT2D eigenvalue weighted by molar-refractivity contribution is 0.114. The van der Waals surface area contributed by atoms with Crippen molar-refractivity contribution in [3.05, 3.63) is 12.1 Å². The van der Waals surface area contributed by atoms with Crippen LogP contribution in [0.25, 0.3) is 11.0 Å². The summed E-state index contributed by atoms with van der Waals surface area (Å²) >= 11 is 0. The first-order valence-corrected chi connectivity index (χ1v) is 10.3. The number of hydrogen-bond acceptors (Lipinski definition) is 8. The van der Waals surface area contributed by atoms with E-state index in [9.17, 15) is 8.42 Å². The first-order chi connectivity index (χ1) is 12.6. The summed E-state index contributed by atoms with van der Waals surface area (Å²) in [4.78, 5) is 0.0484. The standard InChI is InChI=1S/C16H22N4O5S/c21-26(22,18-10-12-4-2-8-24-12)16-14(17-9-11-3-1-7-23-11)6-5-13-15(16)20-25-19-13/h5-6,11-12,17-18H,1-4,7-10H2/t11-,12+/m1/s1. The van der Waals surface area contributed by atoms with E-state index in [1.807, 2.05) is 0 Å². The van der Waals surface area contributed by atoms with Gasteiger partial charge < -0.3 is 14.8 Å². The number of rotatable bonds is 7. The van der Waals surface area contributed by atoms with Gasteiger partial charge in [0.1, 0.15) is 10.4 Å². The molecular weight excluding hydrogens is 360 g/mol. The third-order valence-corrected chi connectivity index (χ3v) is 6.22. The van der Waals surface area contributed by atoms with Crippen LogP contribution in [0.1, 0.15) is 25.7 Å². The molecule has 2 aromatic rings. The molecule has 2 N–H and O–H groups in total. The fourth-order valence-corrected chi connectivity index (χ4v) is 4.72. The Morgan fingerprint density at radius 2 is 1.77 bits per heavy atom. The molecule has 4 rings (SSSR count). The van der Waals surface area contributed by atoms with Crippen molar-refractivity contribution >= 4 is 26.7 Å². The van der Waals surface area contributed by atoms with Gasteiger partial charge in [0.25, 0.3) is 0 Å². The van der Waals surface area contributed by atoms with E-state index in [1.165, 1.54) is 0 Å². The average molecular weight is 382 g/mol. The predicted molar refractivity (Wildman–Crippen MR) is 93.4 cm³/mol. The van der Waals surface area contributed by atoms with E-state index in [4.69, 9.17) is 14.1 Å². The van der Waals surface area contributed by atoms with Crippen molar-refractivity contribution in [3.63, 3.8) is 0 Å². The molecular formula is C16H22N4O5S. The molecule has 0 spiro atoms. The SMILES string of the molecule is O=S(=O)(NC[C@@H]1CCCO1)c1c(NC[C@H]2CCCO2)ccc2nonc12. The van der Waals surface area contributed by atoms with Crippen molar-refractivity contribution < 1.29 is 22.5 Å². The fourth-order valence-electron chi connectivity index (χ4n) is 3.35. The second-order valence-electron chi connectivity index (χ2n) is 6.58. The molecule has 10 heteroatoms. The van der Waals surface area contributed by atoms with Gasteiger partial charge in [-0.25, -0.2) is 17.8 Å². The summed E-state index contributed by atoms with van der Waals surface area (Å²) in [5.74, 6) is 0. The first-order valence-electron chi connectivity index (χ1n) is 8.85. The molecule has 2 atom stereocenters. The molecule has 2 fully saturated rings. The van der Waals surface area contributed by atoms with Gasteiger partial charge in [-0.15, -0.1) is 0 Å². The molecule has 142 valence electrons. The van der Waals surface area contributed by atoms with Crippen LogP contribution >= 0.6 is 0 Å². The number of aromatic nitrogens is 2. The Labute approximate surface area is 151 Å². The number of hydrogen-bond donors (Lipinski definition) is 2. The normalized spacial score (nSPS) is 23.7. The van der Waals surface area contributed by atoms with E-state index in [0.29, 0.717) is 24.4 Å². The minimum Gasteiger partial charge on any atom is -0.381 e. The van der Waals surface area contributed by atoms with Gasteiger partial charge in [0.05, 0.1) is 17.9 Å². The molecule has 0 bridgehead atoms. The highest BCUT2D eigenvalue weighted by atomic mass is 32.2. The van der Waals surface area contributed by atoms with Crippen molar-refractivity contribution in [2.75, 3.05) is 31.6 Å². The van der Waals surface area contributed by atoms with Gasteiger partial charge >= 0.3 is 0 Å². The van der Waals surface area contributed by atoms with Crippen molar-refractivity contribution in [2.24, 2.45) is 0 Å². The zero-order chi connectivity index (χ0) is 18.0. The molecule has 0 saturated carbocycles. The third-order valence-electron chi connectivity index (χ3n) is 4.72. The minimum absolute atomic E-state index is 0.0484. The van der Waals surface area contributed by atoms with Gasteiger partial charge in [-0.1, -0.05) is 0 Å². The van der Waals surface area contributed by atoms with Crippen LogP contribution < -0.4 is 10.0 Å². The summed E-state index contributed by atoms with van der Waals surface area (Å²) in [5.41, 5.74) is 1.07. The molecule has 2 aliphatic rings. The Bertz CT molecular complexity index is 857. The summed E-state index contributed by atoms with van der Waals surface area (Å²) in [7, 11) is -3.82. The lowest BCUT2D eigenvalue weighted by atomic mass is 10.2. The van der Waals surface area contributed by atoms with Crippen LogP contribution in [0.5, 0.6) is 0 Å². The van der Waals surface area contributed by atoms with Gasteiger partial charge in [-0.05, 0) is 48.1 Å². The summed E-state index contributed by atoms with van der Waals surface area (Å²) in [6, 6.07) is 3.37. The predicted octanol–water partition coefficient (Wildman–Crippen LogP) is 1.27. The highest BCUT2D eigenvalue weighted by molar-refractivity contribution is 7.89. The summed E-state index contributed by atoms with van der Waals surface area (Å²) in [6.07, 6.45) is 3.76. The van der Waals surface area contributed by atoms with Crippen LogP contribution in [0.2, 0.25) is 0 Å². The Morgan fingerprint density at radius 3 is 2.46 bits per heavy atom. The molecule has 1 aromatic heterocycles. The molecule has 26 heavy (non-hydrogen) atoms. The average Bonchev–Trinajstić information content (AvgIpc) is 3.40. The maximum atomic E-state index is 13.0. The van der Waals surface area contributed by atoms with E-state index in [1.54, 1.807) is 12.1 Å². The molecule has 0 unspecified atom stereocenters. The molecule has 0 amide bonds. The van der Waals surface area contributed by atoms with Crippen LogP contribution in [0.15, 0.2) is 21.7 Å². The first kappa shape index (κ1) is 17.7. The topological polar surface area (TPSA) is 116 Å². The van der Waals surface area contributed by atoms with E-state index < -0.39 is 10.0 Å².